The largest absolute Gasteiger partial charge is 0.378 e. The van der Waals surface area contributed by atoms with Crippen molar-refractivity contribution < 1.29 is 4.79 Å². The number of carbonyl (C=O) groups is 1. The minimum Gasteiger partial charge on any atom is -0.378 e. The lowest BCUT2D eigenvalue weighted by atomic mass is 9.93. The van der Waals surface area contributed by atoms with Crippen LogP contribution in [0.1, 0.15) is 12.8 Å². The van der Waals surface area contributed by atoms with E-state index in [0.717, 1.165) is 31.6 Å². The molecule has 4 nitrogen and oxygen atoms in total. The summed E-state index contributed by atoms with van der Waals surface area (Å²) in [5.74, 6) is 0.565. The molecule has 1 aromatic rings. The Morgan fingerprint density at radius 1 is 1.41 bits per heavy atom. The molecule has 2 heterocycles. The molecule has 1 aliphatic rings. The van der Waals surface area contributed by atoms with Gasteiger partial charge in [0, 0.05) is 24.0 Å². The highest BCUT2D eigenvalue weighted by atomic mass is 16.1. The van der Waals surface area contributed by atoms with Gasteiger partial charge in [0.2, 0.25) is 0 Å². The lowest BCUT2D eigenvalue weighted by Gasteiger charge is -2.28. The normalized spacial score (nSPS) is 17.9. The molecule has 1 fully saturated rings. The second-order valence-electron chi connectivity index (χ2n) is 4.63. The third-order valence-corrected chi connectivity index (χ3v) is 3.32. The zero-order valence-electron chi connectivity index (χ0n) is 10.2. The fourth-order valence-electron chi connectivity index (χ4n) is 2.13. The summed E-state index contributed by atoms with van der Waals surface area (Å²) in [6.45, 7) is 2.50. The number of nitrogens with one attached hydrogen (secondary N) is 1. The van der Waals surface area contributed by atoms with E-state index in [4.69, 9.17) is 0 Å². The van der Waals surface area contributed by atoms with E-state index in [0.29, 0.717) is 12.3 Å². The quantitative estimate of drug-likeness (QED) is 0.854. The van der Waals surface area contributed by atoms with Crippen molar-refractivity contribution in [1.29, 1.82) is 0 Å². The average Bonchev–Trinajstić information content (AvgIpc) is 2.38. The average molecular weight is 233 g/mol. The fraction of sp³-hybridized carbons (Fsp3) is 0.538. The summed E-state index contributed by atoms with van der Waals surface area (Å²) in [5.41, 5.74) is 0.960. The van der Waals surface area contributed by atoms with Gasteiger partial charge in [-0.25, -0.2) is 0 Å². The number of pyridine rings is 1. The molecule has 2 rings (SSSR count). The summed E-state index contributed by atoms with van der Waals surface area (Å²) < 4.78 is 0. The van der Waals surface area contributed by atoms with Crippen molar-refractivity contribution in [3.8, 4) is 0 Å². The summed E-state index contributed by atoms with van der Waals surface area (Å²) in [5, 5.41) is 3.15. The number of carbonyl (C=O) groups excluding carboxylic acids is 1. The topological polar surface area (TPSA) is 45.2 Å². The Morgan fingerprint density at radius 3 is 2.71 bits per heavy atom. The molecule has 0 spiro atoms. The van der Waals surface area contributed by atoms with Crippen molar-refractivity contribution in [1.82, 2.24) is 9.88 Å². The van der Waals surface area contributed by atoms with Crippen molar-refractivity contribution in [3.63, 3.8) is 0 Å². The number of ketones is 1. The van der Waals surface area contributed by atoms with Gasteiger partial charge in [0.25, 0.3) is 0 Å². The minimum atomic E-state index is 0.237. The van der Waals surface area contributed by atoms with Gasteiger partial charge in [0.15, 0.2) is 5.78 Å². The van der Waals surface area contributed by atoms with Crippen LogP contribution in [-0.4, -0.2) is 42.3 Å². The fourth-order valence-corrected chi connectivity index (χ4v) is 2.13. The zero-order chi connectivity index (χ0) is 12.1. The molecule has 1 N–H and O–H groups in total. The summed E-state index contributed by atoms with van der Waals surface area (Å²) >= 11 is 0. The van der Waals surface area contributed by atoms with E-state index in [1.165, 1.54) is 0 Å². The summed E-state index contributed by atoms with van der Waals surface area (Å²) in [6.07, 6.45) is 5.44. The highest BCUT2D eigenvalue weighted by Crippen LogP contribution is 2.17. The van der Waals surface area contributed by atoms with Crippen LogP contribution < -0.4 is 5.32 Å². The molecule has 1 aromatic heterocycles. The van der Waals surface area contributed by atoms with Crippen LogP contribution in [0.15, 0.2) is 24.5 Å². The number of piperidine rings is 1. The SMILES string of the molecule is CN1CCC(C(=O)CNc2ccncc2)CC1. The van der Waals surface area contributed by atoms with Crippen LogP contribution in [0.5, 0.6) is 0 Å². The summed E-state index contributed by atoms with van der Waals surface area (Å²) in [4.78, 5) is 18.2. The first-order valence-corrected chi connectivity index (χ1v) is 6.11. The number of anilines is 1. The zero-order valence-corrected chi connectivity index (χ0v) is 10.2. The number of nitrogens with zero attached hydrogens (tertiary/aromatic N) is 2. The van der Waals surface area contributed by atoms with Crippen molar-refractivity contribution in [3.05, 3.63) is 24.5 Å². The molecule has 0 saturated carbocycles. The monoisotopic (exact) mass is 233 g/mol. The highest BCUT2D eigenvalue weighted by molar-refractivity contribution is 5.85. The van der Waals surface area contributed by atoms with Crippen molar-refractivity contribution in [2.75, 3.05) is 32.0 Å². The van der Waals surface area contributed by atoms with E-state index in [2.05, 4.69) is 22.2 Å². The van der Waals surface area contributed by atoms with Gasteiger partial charge in [-0.05, 0) is 45.1 Å². The molecule has 0 radical (unpaired) electrons. The number of aromatic nitrogens is 1. The maximum atomic E-state index is 12.0. The van der Waals surface area contributed by atoms with Gasteiger partial charge >= 0.3 is 0 Å². The van der Waals surface area contributed by atoms with E-state index >= 15 is 0 Å². The molecule has 0 aromatic carbocycles. The molecular weight excluding hydrogens is 214 g/mol. The van der Waals surface area contributed by atoms with Gasteiger partial charge in [-0.15, -0.1) is 0 Å². The van der Waals surface area contributed by atoms with Crippen molar-refractivity contribution in [2.45, 2.75) is 12.8 Å². The maximum absolute atomic E-state index is 12.0. The third-order valence-electron chi connectivity index (χ3n) is 3.32. The minimum absolute atomic E-state index is 0.237. The molecule has 0 unspecified atom stereocenters. The molecule has 4 heteroatoms. The Morgan fingerprint density at radius 2 is 2.06 bits per heavy atom. The highest BCUT2D eigenvalue weighted by Gasteiger charge is 2.22. The molecular formula is C13H19N3O. The van der Waals surface area contributed by atoms with Crippen LogP contribution in [0.4, 0.5) is 5.69 Å². The Hall–Kier alpha value is -1.42. The number of rotatable bonds is 4. The number of Topliss-reactive ketones (excluding diaryl/α,β-unsaturated/α-hetero) is 1. The van der Waals surface area contributed by atoms with E-state index in [1.54, 1.807) is 12.4 Å². The Balaban J connectivity index is 1.78. The van der Waals surface area contributed by atoms with E-state index in [-0.39, 0.29) is 5.92 Å². The van der Waals surface area contributed by atoms with Gasteiger partial charge in [-0.2, -0.15) is 0 Å². The predicted molar refractivity (Wildman–Crippen MR) is 68.0 cm³/mol. The molecule has 0 aliphatic carbocycles. The Bertz CT molecular complexity index is 358. The smallest absolute Gasteiger partial charge is 0.155 e. The molecule has 0 bridgehead atoms. The molecule has 1 saturated heterocycles. The van der Waals surface area contributed by atoms with Crippen LogP contribution in [0.25, 0.3) is 0 Å². The Kier molecular flexibility index (Phi) is 4.09. The van der Waals surface area contributed by atoms with Crippen LogP contribution in [-0.2, 0) is 4.79 Å². The first-order chi connectivity index (χ1) is 8.25. The molecule has 1 aliphatic heterocycles. The summed E-state index contributed by atoms with van der Waals surface area (Å²) in [7, 11) is 2.11. The number of hydrogen-bond acceptors (Lipinski definition) is 4. The van der Waals surface area contributed by atoms with Crippen LogP contribution >= 0.6 is 0 Å². The second-order valence-corrected chi connectivity index (χ2v) is 4.63. The van der Waals surface area contributed by atoms with Crippen LogP contribution in [0, 0.1) is 5.92 Å². The summed E-state index contributed by atoms with van der Waals surface area (Å²) in [6, 6.07) is 3.75. The standard InChI is InChI=1S/C13H19N3O/c1-16-8-4-11(5-9-16)13(17)10-15-12-2-6-14-7-3-12/h2-3,6-7,11H,4-5,8-10H2,1H3,(H,14,15). The molecule has 0 atom stereocenters. The third kappa shape index (κ3) is 3.53. The van der Waals surface area contributed by atoms with Gasteiger partial charge in [0.1, 0.15) is 0 Å². The van der Waals surface area contributed by atoms with Crippen LogP contribution in [0.2, 0.25) is 0 Å². The van der Waals surface area contributed by atoms with E-state index in [1.807, 2.05) is 12.1 Å². The first kappa shape index (κ1) is 12.0. The van der Waals surface area contributed by atoms with Gasteiger partial charge < -0.3 is 10.2 Å². The van der Waals surface area contributed by atoms with E-state index < -0.39 is 0 Å². The lowest BCUT2D eigenvalue weighted by molar-refractivity contribution is -0.122. The molecule has 0 amide bonds. The number of likely N-dealkylation sites (tertiary alicyclic amines) is 1. The van der Waals surface area contributed by atoms with Gasteiger partial charge in [-0.1, -0.05) is 0 Å². The molecule has 17 heavy (non-hydrogen) atoms. The van der Waals surface area contributed by atoms with Crippen LogP contribution in [0.3, 0.4) is 0 Å². The van der Waals surface area contributed by atoms with Crippen molar-refractivity contribution >= 4 is 11.5 Å². The predicted octanol–water partition coefficient (Wildman–Crippen LogP) is 1.40. The Labute approximate surface area is 102 Å². The molecule has 92 valence electrons. The lowest BCUT2D eigenvalue weighted by Crippen LogP contribution is -2.35. The second kappa shape index (κ2) is 5.77. The number of hydrogen-bond donors (Lipinski definition) is 1. The van der Waals surface area contributed by atoms with Crippen molar-refractivity contribution in [2.24, 2.45) is 5.92 Å². The van der Waals surface area contributed by atoms with Gasteiger partial charge in [0.05, 0.1) is 6.54 Å². The van der Waals surface area contributed by atoms with E-state index in [9.17, 15) is 4.79 Å². The first-order valence-electron chi connectivity index (χ1n) is 6.11. The maximum Gasteiger partial charge on any atom is 0.155 e. The van der Waals surface area contributed by atoms with Gasteiger partial charge in [-0.3, -0.25) is 9.78 Å².